The van der Waals surface area contributed by atoms with Gasteiger partial charge in [-0.1, -0.05) is 18.2 Å². The highest BCUT2D eigenvalue weighted by molar-refractivity contribution is 5.78. The molecule has 1 aliphatic heterocycles. The minimum Gasteiger partial charge on any atom is -0.492 e. The third-order valence-corrected chi connectivity index (χ3v) is 3.22. The van der Waals surface area contributed by atoms with Crippen LogP contribution in [0, 0.1) is 0 Å². The number of benzene rings is 1. The van der Waals surface area contributed by atoms with Crippen molar-refractivity contribution >= 4 is 5.91 Å². The van der Waals surface area contributed by atoms with E-state index < -0.39 is 6.10 Å². The Bertz CT molecular complexity index is 458. The number of likely N-dealkylation sites (tertiary alicyclic amines) is 1. The van der Waals surface area contributed by atoms with Crippen molar-refractivity contribution in [3.8, 4) is 5.75 Å². The van der Waals surface area contributed by atoms with Gasteiger partial charge in [0.1, 0.15) is 12.4 Å². The first kappa shape index (κ1) is 13.6. The highest BCUT2D eigenvalue weighted by atomic mass is 16.5. The minimum atomic E-state index is -0.677. The summed E-state index contributed by atoms with van der Waals surface area (Å²) >= 11 is 0. The first-order valence-electron chi connectivity index (χ1n) is 6.52. The molecule has 4 nitrogen and oxygen atoms in total. The van der Waals surface area contributed by atoms with E-state index in [0.29, 0.717) is 25.3 Å². The Labute approximate surface area is 113 Å². The molecule has 1 aliphatic rings. The molecule has 19 heavy (non-hydrogen) atoms. The highest BCUT2D eigenvalue weighted by Gasteiger charge is 2.19. The first-order valence-corrected chi connectivity index (χ1v) is 6.52. The number of carbonyl (C=O) groups excluding carboxylic acids is 1. The van der Waals surface area contributed by atoms with E-state index in [1.165, 1.54) is 6.08 Å². The smallest absolute Gasteiger partial charge is 0.222 e. The summed E-state index contributed by atoms with van der Waals surface area (Å²) in [6.07, 6.45) is 2.40. The molecule has 1 aromatic carbocycles. The van der Waals surface area contributed by atoms with Crippen molar-refractivity contribution in [2.24, 2.45) is 0 Å². The predicted octanol–water partition coefficient (Wildman–Crippen LogP) is 1.91. The summed E-state index contributed by atoms with van der Waals surface area (Å²) in [5.41, 5.74) is 0.754. The van der Waals surface area contributed by atoms with Gasteiger partial charge in [-0.25, -0.2) is 0 Å². The molecule has 1 N–H and O–H groups in total. The standard InChI is InChI=1S/C15H19NO3/c1-2-14(17)12-5-3-6-13(11-12)19-10-9-16-8-4-7-15(16)18/h2-3,5-6,11,14,17H,1,4,7-10H2. The maximum Gasteiger partial charge on any atom is 0.222 e. The summed E-state index contributed by atoms with van der Waals surface area (Å²) in [5.74, 6) is 0.907. The molecule has 4 heteroatoms. The summed E-state index contributed by atoms with van der Waals surface area (Å²) in [6, 6.07) is 7.28. The fraction of sp³-hybridized carbons (Fsp3) is 0.400. The van der Waals surface area contributed by atoms with E-state index in [4.69, 9.17) is 4.74 Å². The van der Waals surface area contributed by atoms with Gasteiger partial charge in [0.05, 0.1) is 12.6 Å². The third kappa shape index (κ3) is 3.58. The van der Waals surface area contributed by atoms with Crippen molar-refractivity contribution < 1.29 is 14.6 Å². The van der Waals surface area contributed by atoms with Gasteiger partial charge in [-0.15, -0.1) is 6.58 Å². The van der Waals surface area contributed by atoms with Gasteiger partial charge in [0, 0.05) is 13.0 Å². The molecule has 1 fully saturated rings. The maximum absolute atomic E-state index is 11.4. The monoisotopic (exact) mass is 261 g/mol. The van der Waals surface area contributed by atoms with E-state index in [9.17, 15) is 9.90 Å². The van der Waals surface area contributed by atoms with Crippen LogP contribution in [0.25, 0.3) is 0 Å². The lowest BCUT2D eigenvalue weighted by atomic mass is 10.1. The van der Waals surface area contributed by atoms with Crippen molar-refractivity contribution in [3.63, 3.8) is 0 Å². The van der Waals surface area contributed by atoms with Crippen molar-refractivity contribution in [3.05, 3.63) is 42.5 Å². The third-order valence-electron chi connectivity index (χ3n) is 3.22. The summed E-state index contributed by atoms with van der Waals surface area (Å²) in [6.45, 7) is 5.47. The van der Waals surface area contributed by atoms with E-state index in [1.54, 1.807) is 6.07 Å². The zero-order chi connectivity index (χ0) is 13.7. The van der Waals surface area contributed by atoms with Gasteiger partial charge < -0.3 is 14.7 Å². The Kier molecular flexibility index (Phi) is 4.58. The van der Waals surface area contributed by atoms with Crippen LogP contribution in [0.15, 0.2) is 36.9 Å². The number of rotatable bonds is 6. The molecule has 0 bridgehead atoms. The minimum absolute atomic E-state index is 0.208. The number of hydrogen-bond acceptors (Lipinski definition) is 3. The number of hydrogen-bond donors (Lipinski definition) is 1. The highest BCUT2D eigenvalue weighted by Crippen LogP contribution is 2.20. The average molecular weight is 261 g/mol. The van der Waals surface area contributed by atoms with Crippen LogP contribution in [0.1, 0.15) is 24.5 Å². The number of ether oxygens (including phenoxy) is 1. The lowest BCUT2D eigenvalue weighted by Gasteiger charge is -2.16. The van der Waals surface area contributed by atoms with Crippen molar-refractivity contribution in [1.82, 2.24) is 4.90 Å². The molecule has 0 saturated carbocycles. The summed E-state index contributed by atoms with van der Waals surface area (Å²) in [4.78, 5) is 13.2. The van der Waals surface area contributed by atoms with Gasteiger partial charge >= 0.3 is 0 Å². The molecule has 1 unspecified atom stereocenters. The van der Waals surface area contributed by atoms with Crippen LogP contribution in [0.2, 0.25) is 0 Å². The fourth-order valence-corrected chi connectivity index (χ4v) is 2.14. The molecule has 0 spiro atoms. The number of amides is 1. The van der Waals surface area contributed by atoms with E-state index in [-0.39, 0.29) is 5.91 Å². The van der Waals surface area contributed by atoms with Gasteiger partial charge in [0.2, 0.25) is 5.91 Å². The van der Waals surface area contributed by atoms with Crippen molar-refractivity contribution in [1.29, 1.82) is 0 Å². The van der Waals surface area contributed by atoms with E-state index in [2.05, 4.69) is 6.58 Å². The molecule has 0 radical (unpaired) electrons. The van der Waals surface area contributed by atoms with Gasteiger partial charge in [-0.3, -0.25) is 4.79 Å². The lowest BCUT2D eigenvalue weighted by molar-refractivity contribution is -0.128. The molecule has 102 valence electrons. The van der Waals surface area contributed by atoms with Gasteiger partial charge in [-0.2, -0.15) is 0 Å². The molecule has 2 rings (SSSR count). The molecule has 1 aromatic rings. The van der Waals surface area contributed by atoms with Crippen LogP contribution in [-0.2, 0) is 4.79 Å². The summed E-state index contributed by atoms with van der Waals surface area (Å²) in [7, 11) is 0. The second-order valence-electron chi connectivity index (χ2n) is 4.59. The summed E-state index contributed by atoms with van der Waals surface area (Å²) in [5, 5.41) is 9.66. The number of carbonyl (C=O) groups is 1. The molecule has 1 heterocycles. The number of nitrogens with zero attached hydrogens (tertiary/aromatic N) is 1. The van der Waals surface area contributed by atoms with Crippen molar-refractivity contribution in [2.75, 3.05) is 19.7 Å². The largest absolute Gasteiger partial charge is 0.492 e. The molecule has 0 aliphatic carbocycles. The SMILES string of the molecule is C=CC(O)c1cccc(OCCN2CCCC2=O)c1. The zero-order valence-electron chi connectivity index (χ0n) is 10.9. The number of aliphatic hydroxyl groups excluding tert-OH is 1. The Morgan fingerprint density at radius 1 is 1.53 bits per heavy atom. The van der Waals surface area contributed by atoms with Gasteiger partial charge in [-0.05, 0) is 24.1 Å². The Balaban J connectivity index is 1.85. The normalized spacial score (nSPS) is 16.5. The van der Waals surface area contributed by atoms with Gasteiger partial charge in [0.15, 0.2) is 0 Å². The zero-order valence-corrected chi connectivity index (χ0v) is 10.9. The maximum atomic E-state index is 11.4. The molecule has 1 amide bonds. The molecule has 1 atom stereocenters. The van der Waals surface area contributed by atoms with E-state index in [1.807, 2.05) is 23.1 Å². The molecular weight excluding hydrogens is 242 g/mol. The molecule has 1 saturated heterocycles. The van der Waals surface area contributed by atoms with Crippen LogP contribution in [0.3, 0.4) is 0 Å². The second-order valence-corrected chi connectivity index (χ2v) is 4.59. The average Bonchev–Trinajstić information content (AvgIpc) is 2.84. The van der Waals surface area contributed by atoms with Crippen LogP contribution >= 0.6 is 0 Å². The van der Waals surface area contributed by atoms with Crippen LogP contribution in [0.5, 0.6) is 5.75 Å². The topological polar surface area (TPSA) is 49.8 Å². The number of aliphatic hydroxyl groups is 1. The molecule has 0 aromatic heterocycles. The summed E-state index contributed by atoms with van der Waals surface area (Å²) < 4.78 is 5.61. The van der Waals surface area contributed by atoms with E-state index in [0.717, 1.165) is 18.5 Å². The van der Waals surface area contributed by atoms with Crippen LogP contribution in [-0.4, -0.2) is 35.6 Å². The fourth-order valence-electron chi connectivity index (χ4n) is 2.14. The Morgan fingerprint density at radius 2 is 2.37 bits per heavy atom. The quantitative estimate of drug-likeness (QED) is 0.796. The van der Waals surface area contributed by atoms with Crippen LogP contribution < -0.4 is 4.74 Å². The van der Waals surface area contributed by atoms with Gasteiger partial charge in [0.25, 0.3) is 0 Å². The first-order chi connectivity index (χ1) is 9.20. The predicted molar refractivity (Wildman–Crippen MR) is 72.9 cm³/mol. The molecular formula is C15H19NO3. The Hall–Kier alpha value is -1.81. The lowest BCUT2D eigenvalue weighted by Crippen LogP contribution is -2.29. The second kappa shape index (κ2) is 6.38. The van der Waals surface area contributed by atoms with E-state index >= 15 is 0 Å². The Morgan fingerprint density at radius 3 is 3.05 bits per heavy atom. The van der Waals surface area contributed by atoms with Crippen molar-refractivity contribution in [2.45, 2.75) is 18.9 Å². The van der Waals surface area contributed by atoms with Crippen LogP contribution in [0.4, 0.5) is 0 Å².